The van der Waals surface area contributed by atoms with Crippen LogP contribution in [0.25, 0.3) is 10.8 Å². The Hall–Kier alpha value is -1.24. The summed E-state index contributed by atoms with van der Waals surface area (Å²) in [5, 5.41) is 10.4. The molecule has 0 bridgehead atoms. The standard InChI is InChI=1S/C20H13I3O8S/c21-13-9-14(22)18(24)17(23)16(13)20(26)31-8-7-30-19(25)12-5-6-15(32(27,28)29)11-4-2-1-3-10(11)12/h1-6,9,24H,7-8H2,(H,27,28,29)/p-1. The second-order valence-electron chi connectivity index (χ2n) is 6.26. The summed E-state index contributed by atoms with van der Waals surface area (Å²) in [6.07, 6.45) is 0. The van der Waals surface area contributed by atoms with Crippen molar-refractivity contribution in [2.45, 2.75) is 4.90 Å². The van der Waals surface area contributed by atoms with E-state index < -0.39 is 27.0 Å². The van der Waals surface area contributed by atoms with Crippen molar-refractivity contribution in [3.8, 4) is 5.75 Å². The fraction of sp³-hybridized carbons (Fsp3) is 0.100. The topological polar surface area (TPSA) is 130 Å². The zero-order valence-corrected chi connectivity index (χ0v) is 23.1. The summed E-state index contributed by atoms with van der Waals surface area (Å²) in [4.78, 5) is 24.5. The van der Waals surface area contributed by atoms with Gasteiger partial charge in [0.05, 0.1) is 23.2 Å². The number of benzene rings is 3. The molecule has 0 atom stereocenters. The zero-order valence-electron chi connectivity index (χ0n) is 15.8. The van der Waals surface area contributed by atoms with Gasteiger partial charge in [-0.25, -0.2) is 18.0 Å². The minimum atomic E-state index is -4.72. The maximum Gasteiger partial charge on any atom is 0.340 e. The summed E-state index contributed by atoms with van der Waals surface area (Å²) in [6, 6.07) is 10.0. The Kier molecular flexibility index (Phi) is 8.21. The summed E-state index contributed by atoms with van der Waals surface area (Å²) in [7, 11) is -4.72. The average molecular weight is 793 g/mol. The van der Waals surface area contributed by atoms with Crippen LogP contribution >= 0.6 is 67.8 Å². The normalized spacial score (nSPS) is 11.4. The molecule has 32 heavy (non-hydrogen) atoms. The molecular formula is C20H12I3O8S-. The molecule has 0 aromatic heterocycles. The summed E-state index contributed by atoms with van der Waals surface area (Å²) in [5.41, 5.74) is 0.293. The Labute approximate surface area is 223 Å². The Morgan fingerprint density at radius 1 is 0.906 bits per heavy atom. The zero-order chi connectivity index (χ0) is 23.6. The molecule has 0 saturated carbocycles. The van der Waals surface area contributed by atoms with E-state index in [0.717, 1.165) is 6.07 Å². The highest BCUT2D eigenvalue weighted by Crippen LogP contribution is 2.33. The third-order valence-corrected chi connectivity index (χ3v) is 7.89. The van der Waals surface area contributed by atoms with Gasteiger partial charge in [-0.2, -0.15) is 0 Å². The molecule has 0 aliphatic heterocycles. The number of phenols is 1. The largest absolute Gasteiger partial charge is 0.744 e. The van der Waals surface area contributed by atoms with Gasteiger partial charge >= 0.3 is 11.9 Å². The van der Waals surface area contributed by atoms with Crippen molar-refractivity contribution in [3.63, 3.8) is 0 Å². The molecular weight excluding hydrogens is 781 g/mol. The quantitative estimate of drug-likeness (QED) is 0.170. The van der Waals surface area contributed by atoms with Crippen LogP contribution in [0.3, 0.4) is 0 Å². The number of aromatic hydroxyl groups is 1. The van der Waals surface area contributed by atoms with Gasteiger partial charge < -0.3 is 19.1 Å². The van der Waals surface area contributed by atoms with E-state index in [9.17, 15) is 27.7 Å². The number of carbonyl (C=O) groups excluding carboxylic acids is 2. The molecule has 0 spiro atoms. The Morgan fingerprint density at radius 2 is 1.50 bits per heavy atom. The second-order valence-corrected chi connectivity index (χ2v) is 11.0. The third kappa shape index (κ3) is 5.45. The molecule has 0 aliphatic carbocycles. The monoisotopic (exact) mass is 793 g/mol. The summed E-state index contributed by atoms with van der Waals surface area (Å²) >= 11 is 5.78. The first-order chi connectivity index (χ1) is 15.0. The molecule has 0 radical (unpaired) electrons. The van der Waals surface area contributed by atoms with E-state index in [1.165, 1.54) is 18.2 Å². The SMILES string of the molecule is O=C(OCCOC(=O)c1ccc(S(=O)(=O)[O-])c2ccccc12)c1c(I)cc(I)c(O)c1I. The number of hydrogen-bond acceptors (Lipinski definition) is 8. The summed E-state index contributed by atoms with van der Waals surface area (Å²) in [6.45, 7) is -0.474. The molecule has 1 N–H and O–H groups in total. The number of rotatable bonds is 6. The van der Waals surface area contributed by atoms with E-state index >= 15 is 0 Å². The van der Waals surface area contributed by atoms with Crippen LogP contribution in [0.2, 0.25) is 0 Å². The maximum atomic E-state index is 12.5. The van der Waals surface area contributed by atoms with E-state index in [-0.39, 0.29) is 40.9 Å². The van der Waals surface area contributed by atoms with Crippen molar-refractivity contribution in [3.05, 3.63) is 64.3 Å². The van der Waals surface area contributed by atoms with E-state index in [1.54, 1.807) is 18.2 Å². The predicted molar refractivity (Wildman–Crippen MR) is 139 cm³/mol. The van der Waals surface area contributed by atoms with Crippen molar-refractivity contribution in [2.24, 2.45) is 0 Å². The molecule has 0 aliphatic rings. The van der Waals surface area contributed by atoms with Crippen LogP contribution in [0.1, 0.15) is 20.7 Å². The van der Waals surface area contributed by atoms with E-state index in [1.807, 2.05) is 67.8 Å². The van der Waals surface area contributed by atoms with Gasteiger partial charge in [0.2, 0.25) is 0 Å². The first kappa shape index (κ1) is 25.4. The number of fused-ring (bicyclic) bond motifs is 1. The lowest BCUT2D eigenvalue weighted by Crippen LogP contribution is -2.16. The molecule has 0 unspecified atom stereocenters. The van der Waals surface area contributed by atoms with E-state index in [4.69, 9.17) is 9.47 Å². The van der Waals surface area contributed by atoms with Gasteiger partial charge in [-0.1, -0.05) is 24.3 Å². The summed E-state index contributed by atoms with van der Waals surface area (Å²) in [5.74, 6) is -1.44. The van der Waals surface area contributed by atoms with Gasteiger partial charge in [0, 0.05) is 8.96 Å². The molecule has 3 aromatic carbocycles. The highest BCUT2D eigenvalue weighted by Gasteiger charge is 2.21. The van der Waals surface area contributed by atoms with Crippen LogP contribution in [0, 0.1) is 10.7 Å². The van der Waals surface area contributed by atoms with Crippen molar-refractivity contribution in [1.82, 2.24) is 0 Å². The number of esters is 2. The first-order valence-electron chi connectivity index (χ1n) is 8.70. The lowest BCUT2D eigenvalue weighted by atomic mass is 10.0. The fourth-order valence-electron chi connectivity index (χ4n) is 2.85. The van der Waals surface area contributed by atoms with Crippen molar-refractivity contribution < 1.29 is 37.1 Å². The number of phenolic OH excluding ortho intramolecular Hbond substituents is 1. The molecule has 3 rings (SSSR count). The van der Waals surface area contributed by atoms with Gasteiger partial charge in [-0.3, -0.25) is 0 Å². The number of carbonyl (C=O) groups is 2. The molecule has 0 fully saturated rings. The van der Waals surface area contributed by atoms with Crippen LogP contribution in [-0.4, -0.2) is 43.2 Å². The highest BCUT2D eigenvalue weighted by molar-refractivity contribution is 14.1. The maximum absolute atomic E-state index is 12.5. The highest BCUT2D eigenvalue weighted by atomic mass is 127. The first-order valence-corrected chi connectivity index (χ1v) is 13.3. The van der Waals surface area contributed by atoms with Gasteiger partial charge in [0.15, 0.2) is 0 Å². The Morgan fingerprint density at radius 3 is 2.12 bits per heavy atom. The van der Waals surface area contributed by atoms with Gasteiger partial charge in [0.1, 0.15) is 29.1 Å². The van der Waals surface area contributed by atoms with Crippen LogP contribution in [0.15, 0.2) is 47.4 Å². The van der Waals surface area contributed by atoms with E-state index in [0.29, 0.717) is 10.7 Å². The van der Waals surface area contributed by atoms with Crippen LogP contribution in [0.4, 0.5) is 0 Å². The minimum absolute atomic E-state index is 0.0135. The Bertz CT molecular complexity index is 1340. The second kappa shape index (κ2) is 10.4. The van der Waals surface area contributed by atoms with Crippen molar-refractivity contribution in [1.29, 1.82) is 0 Å². The molecule has 168 valence electrons. The lowest BCUT2D eigenvalue weighted by molar-refractivity contribution is 0.0265. The van der Waals surface area contributed by atoms with E-state index in [2.05, 4.69) is 0 Å². The lowest BCUT2D eigenvalue weighted by Gasteiger charge is -2.14. The van der Waals surface area contributed by atoms with Crippen molar-refractivity contribution in [2.75, 3.05) is 13.2 Å². The number of halogens is 3. The van der Waals surface area contributed by atoms with Crippen LogP contribution in [-0.2, 0) is 19.6 Å². The fourth-order valence-corrected chi connectivity index (χ4v) is 7.35. The third-order valence-electron chi connectivity index (χ3n) is 4.27. The molecule has 8 nitrogen and oxygen atoms in total. The van der Waals surface area contributed by atoms with Crippen LogP contribution < -0.4 is 0 Å². The van der Waals surface area contributed by atoms with Gasteiger partial charge in [-0.15, -0.1) is 0 Å². The van der Waals surface area contributed by atoms with Gasteiger partial charge in [-0.05, 0) is 91.4 Å². The van der Waals surface area contributed by atoms with Gasteiger partial charge in [0.25, 0.3) is 0 Å². The molecule has 0 saturated heterocycles. The summed E-state index contributed by atoms with van der Waals surface area (Å²) < 4.78 is 46.3. The van der Waals surface area contributed by atoms with Crippen LogP contribution in [0.5, 0.6) is 5.75 Å². The van der Waals surface area contributed by atoms with Crippen molar-refractivity contribution >= 4 is 101 Å². The average Bonchev–Trinajstić information content (AvgIpc) is 2.73. The predicted octanol–water partition coefficient (Wildman–Crippen LogP) is 4.28. The molecule has 3 aromatic rings. The molecule has 0 heterocycles. The minimum Gasteiger partial charge on any atom is -0.744 e. The number of ether oxygens (including phenoxy) is 2. The smallest absolute Gasteiger partial charge is 0.340 e. The Balaban J connectivity index is 1.70. The molecule has 0 amide bonds. The number of hydrogen-bond donors (Lipinski definition) is 1. The molecule has 12 heteroatoms.